The first-order valence-electron chi connectivity index (χ1n) is 16.4. The summed E-state index contributed by atoms with van der Waals surface area (Å²) < 4.78 is 17.7. The maximum absolute atomic E-state index is 10.4. The zero-order valence-corrected chi connectivity index (χ0v) is 26.3. The number of benzene rings is 7. The Morgan fingerprint density at radius 1 is 0.400 bits per heavy atom. The van der Waals surface area contributed by atoms with Gasteiger partial charge in [-0.3, -0.25) is 0 Å². The maximum Gasteiger partial charge on any atom is 0.160 e. The molecule has 6 heteroatoms. The highest BCUT2D eigenvalue weighted by Crippen LogP contribution is 2.45. The van der Waals surface area contributed by atoms with Crippen molar-refractivity contribution in [1.29, 1.82) is 10.5 Å². The van der Waals surface area contributed by atoms with Gasteiger partial charge < -0.3 is 18.0 Å². The van der Waals surface area contributed by atoms with Gasteiger partial charge in [0.05, 0.1) is 44.6 Å². The summed E-state index contributed by atoms with van der Waals surface area (Å²) in [6.45, 7) is 0. The second-order valence-corrected chi connectivity index (χ2v) is 12.7. The number of rotatable bonds is 2. The van der Waals surface area contributed by atoms with E-state index >= 15 is 0 Å². The Morgan fingerprint density at radius 3 is 1.22 bits per heavy atom. The van der Waals surface area contributed by atoms with Gasteiger partial charge >= 0.3 is 0 Å². The number of hydrogen-bond acceptors (Lipinski definition) is 4. The van der Waals surface area contributed by atoms with Gasteiger partial charge in [0.15, 0.2) is 11.2 Å². The number of para-hydroxylation sites is 4. The van der Waals surface area contributed by atoms with Crippen LogP contribution in [0.2, 0.25) is 0 Å². The highest BCUT2D eigenvalue weighted by Gasteiger charge is 2.25. The SMILES string of the molecule is N#Cc1cc(-n2c3ccccc3c3ccc4c5ccccc5oc4c32)c(-n2c3ccccc3c3ccc4c5ccccc5oc4c32)cc1C#N. The molecule has 6 nitrogen and oxygen atoms in total. The zero-order valence-electron chi connectivity index (χ0n) is 26.3. The van der Waals surface area contributed by atoms with Crippen LogP contribution in [0.1, 0.15) is 11.1 Å². The minimum atomic E-state index is 0.295. The third kappa shape index (κ3) is 3.34. The van der Waals surface area contributed by atoms with Gasteiger partial charge in [0.2, 0.25) is 0 Å². The number of fused-ring (bicyclic) bond motifs is 14. The zero-order chi connectivity index (χ0) is 33.1. The highest BCUT2D eigenvalue weighted by atomic mass is 16.3. The van der Waals surface area contributed by atoms with E-state index in [0.717, 1.165) is 98.9 Å². The lowest BCUT2D eigenvalue weighted by atomic mass is 10.1. The van der Waals surface area contributed by atoms with Crippen LogP contribution in [0.25, 0.3) is 98.9 Å². The molecule has 0 aliphatic heterocycles. The van der Waals surface area contributed by atoms with Crippen molar-refractivity contribution in [3.63, 3.8) is 0 Å². The molecule has 0 aliphatic rings. The molecule has 11 rings (SSSR count). The molecule has 0 saturated carbocycles. The van der Waals surface area contributed by atoms with Crippen molar-refractivity contribution in [2.45, 2.75) is 0 Å². The fourth-order valence-corrected chi connectivity index (χ4v) is 8.08. The quantitative estimate of drug-likeness (QED) is 0.189. The van der Waals surface area contributed by atoms with Crippen molar-refractivity contribution in [2.75, 3.05) is 0 Å². The molecular weight excluding hydrogens is 617 g/mol. The number of hydrogen-bond donors (Lipinski definition) is 0. The van der Waals surface area contributed by atoms with Crippen LogP contribution < -0.4 is 0 Å². The van der Waals surface area contributed by atoms with E-state index in [4.69, 9.17) is 8.83 Å². The Labute approximate surface area is 283 Å². The molecule has 4 aromatic heterocycles. The van der Waals surface area contributed by atoms with Gasteiger partial charge in [-0.2, -0.15) is 10.5 Å². The molecule has 0 atom stereocenters. The molecule has 7 aromatic carbocycles. The Balaban J connectivity index is 1.38. The molecule has 230 valence electrons. The first-order valence-corrected chi connectivity index (χ1v) is 16.4. The molecule has 0 unspecified atom stereocenters. The van der Waals surface area contributed by atoms with E-state index in [-0.39, 0.29) is 0 Å². The molecule has 0 saturated heterocycles. The van der Waals surface area contributed by atoms with E-state index in [1.807, 2.05) is 72.8 Å². The second kappa shape index (κ2) is 9.64. The Morgan fingerprint density at radius 2 is 0.780 bits per heavy atom. The number of nitrogens with zero attached hydrogens (tertiary/aromatic N) is 4. The van der Waals surface area contributed by atoms with Crippen LogP contribution in [0.4, 0.5) is 0 Å². The lowest BCUT2D eigenvalue weighted by Crippen LogP contribution is -2.06. The summed E-state index contributed by atoms with van der Waals surface area (Å²) in [7, 11) is 0. The van der Waals surface area contributed by atoms with Crippen molar-refractivity contribution in [3.05, 3.63) is 145 Å². The van der Waals surface area contributed by atoms with E-state index in [1.165, 1.54) is 0 Å². The molecule has 11 aromatic rings. The van der Waals surface area contributed by atoms with Crippen LogP contribution in [0.15, 0.2) is 142 Å². The molecule has 0 bridgehead atoms. The third-order valence-electron chi connectivity index (χ3n) is 10.2. The average Bonchev–Trinajstić information content (AvgIpc) is 3.92. The lowest BCUT2D eigenvalue weighted by Gasteiger charge is -2.18. The molecule has 50 heavy (non-hydrogen) atoms. The summed E-state index contributed by atoms with van der Waals surface area (Å²) in [5.41, 5.74) is 8.91. The molecule has 0 N–H and O–H groups in total. The van der Waals surface area contributed by atoms with E-state index in [1.54, 1.807) is 0 Å². The molecule has 0 fully saturated rings. The standard InChI is InChI=1S/C44H22N4O2/c45-23-25-21-37(47-35-13-5-1-9-27(35)31-17-19-33-29-11-3-7-15-39(29)49-43(33)41(31)47)38(22-26(25)24-46)48-36-14-6-2-10-28(36)32-18-20-34-30-12-4-8-16-40(30)50-44(34)42(32)48/h1-22H. The number of nitriles is 2. The fraction of sp³-hybridized carbons (Fsp3) is 0. The van der Waals surface area contributed by atoms with E-state index < -0.39 is 0 Å². The van der Waals surface area contributed by atoms with Crippen molar-refractivity contribution >= 4 is 87.5 Å². The summed E-state index contributed by atoms with van der Waals surface area (Å²) in [6, 6.07) is 49.6. The maximum atomic E-state index is 10.4. The normalized spacial score (nSPS) is 12.0. The minimum Gasteiger partial charge on any atom is -0.454 e. The molecule has 4 heterocycles. The van der Waals surface area contributed by atoms with Crippen molar-refractivity contribution in [1.82, 2.24) is 9.13 Å². The van der Waals surface area contributed by atoms with Gasteiger partial charge in [0.25, 0.3) is 0 Å². The Hall–Kier alpha value is -7.28. The molecule has 0 aliphatic carbocycles. The van der Waals surface area contributed by atoms with E-state index in [0.29, 0.717) is 11.1 Å². The van der Waals surface area contributed by atoms with Gasteiger partial charge in [-0.25, -0.2) is 0 Å². The molecular formula is C44H22N4O2. The second-order valence-electron chi connectivity index (χ2n) is 12.7. The fourth-order valence-electron chi connectivity index (χ4n) is 8.08. The summed E-state index contributed by atoms with van der Waals surface area (Å²) in [5.74, 6) is 0. The van der Waals surface area contributed by atoms with Crippen LogP contribution in [0, 0.1) is 22.7 Å². The summed E-state index contributed by atoms with van der Waals surface area (Å²) in [5, 5.41) is 29.1. The smallest absolute Gasteiger partial charge is 0.160 e. The van der Waals surface area contributed by atoms with Gasteiger partial charge in [0.1, 0.15) is 23.3 Å². The first kappa shape index (κ1) is 26.8. The summed E-state index contributed by atoms with van der Waals surface area (Å²) >= 11 is 0. The minimum absolute atomic E-state index is 0.295. The van der Waals surface area contributed by atoms with Crippen LogP contribution in [0.3, 0.4) is 0 Å². The average molecular weight is 639 g/mol. The van der Waals surface area contributed by atoms with Crippen LogP contribution in [0.5, 0.6) is 0 Å². The largest absolute Gasteiger partial charge is 0.454 e. The predicted molar refractivity (Wildman–Crippen MR) is 199 cm³/mol. The van der Waals surface area contributed by atoms with Gasteiger partial charge in [-0.1, -0.05) is 84.9 Å². The van der Waals surface area contributed by atoms with E-state index in [2.05, 4.69) is 81.9 Å². The summed E-state index contributed by atoms with van der Waals surface area (Å²) in [6.07, 6.45) is 0. The monoisotopic (exact) mass is 638 g/mol. The van der Waals surface area contributed by atoms with Crippen LogP contribution in [-0.4, -0.2) is 9.13 Å². The lowest BCUT2D eigenvalue weighted by molar-refractivity contribution is 0.670. The Kier molecular flexibility index (Phi) is 5.16. The third-order valence-corrected chi connectivity index (χ3v) is 10.2. The van der Waals surface area contributed by atoms with Crippen molar-refractivity contribution in [3.8, 4) is 23.5 Å². The molecule has 0 amide bonds. The first-order chi connectivity index (χ1) is 24.7. The van der Waals surface area contributed by atoms with Gasteiger partial charge in [0, 0.05) is 43.1 Å². The van der Waals surface area contributed by atoms with Crippen LogP contribution in [-0.2, 0) is 0 Å². The predicted octanol–water partition coefficient (Wildman–Crippen LogP) is 11.4. The Bertz CT molecular complexity index is 3130. The molecule has 0 spiro atoms. The van der Waals surface area contributed by atoms with Gasteiger partial charge in [-0.15, -0.1) is 0 Å². The number of furan rings is 2. The number of aromatic nitrogens is 2. The molecule has 0 radical (unpaired) electrons. The summed E-state index contributed by atoms with van der Waals surface area (Å²) in [4.78, 5) is 0. The topological polar surface area (TPSA) is 83.7 Å². The van der Waals surface area contributed by atoms with E-state index in [9.17, 15) is 10.5 Å². The van der Waals surface area contributed by atoms with Crippen LogP contribution >= 0.6 is 0 Å². The van der Waals surface area contributed by atoms with Crippen molar-refractivity contribution in [2.24, 2.45) is 0 Å². The highest BCUT2D eigenvalue weighted by molar-refractivity contribution is 6.23. The van der Waals surface area contributed by atoms with Crippen molar-refractivity contribution < 1.29 is 8.83 Å². The van der Waals surface area contributed by atoms with Gasteiger partial charge in [-0.05, 0) is 48.5 Å².